The standard InChI is InChI=1S/C15H25N3O/c1-11(2)19-15-12(4-3-9-17-15)10-18-14-7-5-13(16)6-8-14/h3-4,9,11,13-14,18H,5-8,10,16H2,1-2H3. The van der Waals surface area contributed by atoms with Crippen molar-refractivity contribution >= 4 is 0 Å². The van der Waals surface area contributed by atoms with E-state index in [0.717, 1.165) is 30.8 Å². The number of nitrogens with zero attached hydrogens (tertiary/aromatic N) is 1. The van der Waals surface area contributed by atoms with Crippen LogP contribution in [0.1, 0.15) is 45.1 Å². The first-order chi connectivity index (χ1) is 9.15. The van der Waals surface area contributed by atoms with E-state index in [1.807, 2.05) is 19.9 Å². The van der Waals surface area contributed by atoms with Gasteiger partial charge in [0.15, 0.2) is 0 Å². The van der Waals surface area contributed by atoms with Gasteiger partial charge < -0.3 is 15.8 Å². The van der Waals surface area contributed by atoms with E-state index in [9.17, 15) is 0 Å². The summed E-state index contributed by atoms with van der Waals surface area (Å²) in [6, 6.07) is 5.01. The van der Waals surface area contributed by atoms with Crippen molar-refractivity contribution in [3.63, 3.8) is 0 Å². The molecule has 19 heavy (non-hydrogen) atoms. The quantitative estimate of drug-likeness (QED) is 0.855. The molecule has 4 heteroatoms. The normalized spacial score (nSPS) is 23.6. The van der Waals surface area contributed by atoms with Gasteiger partial charge in [-0.2, -0.15) is 0 Å². The molecule has 0 amide bonds. The lowest BCUT2D eigenvalue weighted by Gasteiger charge is -2.27. The molecule has 4 nitrogen and oxygen atoms in total. The fourth-order valence-electron chi connectivity index (χ4n) is 2.47. The maximum Gasteiger partial charge on any atom is 0.218 e. The number of nitrogens with two attached hydrogens (primary N) is 1. The van der Waals surface area contributed by atoms with Crippen LogP contribution in [0.3, 0.4) is 0 Å². The van der Waals surface area contributed by atoms with Crippen molar-refractivity contribution in [3.8, 4) is 5.88 Å². The number of hydrogen-bond donors (Lipinski definition) is 2. The summed E-state index contributed by atoms with van der Waals surface area (Å²) < 4.78 is 5.73. The van der Waals surface area contributed by atoms with Gasteiger partial charge >= 0.3 is 0 Å². The summed E-state index contributed by atoms with van der Waals surface area (Å²) in [6.07, 6.45) is 6.52. The summed E-state index contributed by atoms with van der Waals surface area (Å²) in [5, 5.41) is 3.60. The van der Waals surface area contributed by atoms with Crippen LogP contribution in [0, 0.1) is 0 Å². The van der Waals surface area contributed by atoms with Crippen molar-refractivity contribution in [2.24, 2.45) is 5.73 Å². The van der Waals surface area contributed by atoms with Gasteiger partial charge in [-0.05, 0) is 45.6 Å². The molecule has 0 aliphatic heterocycles. The first-order valence-corrected chi connectivity index (χ1v) is 7.24. The molecule has 2 rings (SSSR count). The topological polar surface area (TPSA) is 60.2 Å². The average Bonchev–Trinajstić information content (AvgIpc) is 2.39. The molecule has 0 spiro atoms. The van der Waals surface area contributed by atoms with Crippen LogP contribution in [-0.2, 0) is 6.54 Å². The van der Waals surface area contributed by atoms with Crippen LogP contribution in [0.4, 0.5) is 0 Å². The van der Waals surface area contributed by atoms with Crippen LogP contribution in [0.25, 0.3) is 0 Å². The second kappa shape index (κ2) is 6.87. The van der Waals surface area contributed by atoms with E-state index in [1.165, 1.54) is 12.8 Å². The number of hydrogen-bond acceptors (Lipinski definition) is 4. The molecule has 1 heterocycles. The summed E-state index contributed by atoms with van der Waals surface area (Å²) in [7, 11) is 0. The van der Waals surface area contributed by atoms with Crippen LogP contribution < -0.4 is 15.8 Å². The molecule has 1 aliphatic rings. The molecule has 0 unspecified atom stereocenters. The van der Waals surface area contributed by atoms with Gasteiger partial charge in [0.05, 0.1) is 6.10 Å². The number of pyridine rings is 1. The van der Waals surface area contributed by atoms with Gasteiger partial charge in [-0.1, -0.05) is 6.07 Å². The number of aromatic nitrogens is 1. The third kappa shape index (κ3) is 4.48. The Kier molecular flexibility index (Phi) is 5.16. The minimum absolute atomic E-state index is 0.154. The van der Waals surface area contributed by atoms with E-state index >= 15 is 0 Å². The zero-order valence-electron chi connectivity index (χ0n) is 11.9. The fourth-order valence-corrected chi connectivity index (χ4v) is 2.47. The molecule has 1 fully saturated rings. The van der Waals surface area contributed by atoms with Crippen molar-refractivity contribution in [2.75, 3.05) is 0 Å². The highest BCUT2D eigenvalue weighted by atomic mass is 16.5. The average molecular weight is 263 g/mol. The Morgan fingerprint density at radius 1 is 1.37 bits per heavy atom. The molecular weight excluding hydrogens is 238 g/mol. The van der Waals surface area contributed by atoms with Crippen molar-refractivity contribution in [3.05, 3.63) is 23.9 Å². The molecule has 1 aromatic rings. The van der Waals surface area contributed by atoms with Gasteiger partial charge in [0.25, 0.3) is 0 Å². The largest absolute Gasteiger partial charge is 0.475 e. The van der Waals surface area contributed by atoms with E-state index in [1.54, 1.807) is 6.20 Å². The summed E-state index contributed by atoms with van der Waals surface area (Å²) >= 11 is 0. The summed E-state index contributed by atoms with van der Waals surface area (Å²) in [5.41, 5.74) is 7.06. The molecule has 1 saturated carbocycles. The maximum atomic E-state index is 5.93. The minimum atomic E-state index is 0.154. The third-order valence-electron chi connectivity index (χ3n) is 3.55. The minimum Gasteiger partial charge on any atom is -0.475 e. The van der Waals surface area contributed by atoms with Crippen LogP contribution in [0.5, 0.6) is 5.88 Å². The van der Waals surface area contributed by atoms with E-state index in [4.69, 9.17) is 10.5 Å². The Morgan fingerprint density at radius 2 is 2.11 bits per heavy atom. The first-order valence-electron chi connectivity index (χ1n) is 7.24. The van der Waals surface area contributed by atoms with E-state index in [0.29, 0.717) is 12.1 Å². The number of rotatable bonds is 5. The van der Waals surface area contributed by atoms with Crippen LogP contribution in [0.2, 0.25) is 0 Å². The Labute approximate surface area is 115 Å². The Morgan fingerprint density at radius 3 is 2.79 bits per heavy atom. The van der Waals surface area contributed by atoms with Gasteiger partial charge in [0, 0.05) is 30.4 Å². The zero-order chi connectivity index (χ0) is 13.7. The smallest absolute Gasteiger partial charge is 0.218 e. The predicted molar refractivity (Wildman–Crippen MR) is 77.1 cm³/mol. The highest BCUT2D eigenvalue weighted by Crippen LogP contribution is 2.19. The van der Waals surface area contributed by atoms with Crippen LogP contribution in [-0.4, -0.2) is 23.2 Å². The van der Waals surface area contributed by atoms with E-state index < -0.39 is 0 Å². The second-order valence-electron chi connectivity index (χ2n) is 5.63. The lowest BCUT2D eigenvalue weighted by molar-refractivity contribution is 0.228. The molecule has 3 N–H and O–H groups in total. The van der Waals surface area contributed by atoms with E-state index in [-0.39, 0.29) is 6.10 Å². The monoisotopic (exact) mass is 263 g/mol. The molecule has 0 saturated heterocycles. The number of nitrogens with one attached hydrogen (secondary N) is 1. The molecule has 0 aromatic carbocycles. The van der Waals surface area contributed by atoms with Crippen molar-refractivity contribution in [2.45, 2.75) is 64.3 Å². The summed E-state index contributed by atoms with van der Waals surface area (Å²) in [4.78, 5) is 4.31. The SMILES string of the molecule is CC(C)Oc1ncccc1CNC1CCC(N)CC1. The fraction of sp³-hybridized carbons (Fsp3) is 0.667. The third-order valence-corrected chi connectivity index (χ3v) is 3.55. The Bertz CT molecular complexity index is 387. The Balaban J connectivity index is 1.88. The summed E-state index contributed by atoms with van der Waals surface area (Å²) in [5.74, 6) is 0.748. The van der Waals surface area contributed by atoms with Gasteiger partial charge in [0.2, 0.25) is 5.88 Å². The summed E-state index contributed by atoms with van der Waals surface area (Å²) in [6.45, 7) is 4.86. The van der Waals surface area contributed by atoms with Gasteiger partial charge in [-0.3, -0.25) is 0 Å². The van der Waals surface area contributed by atoms with Crippen LogP contribution in [0.15, 0.2) is 18.3 Å². The highest BCUT2D eigenvalue weighted by molar-refractivity contribution is 5.25. The molecule has 0 atom stereocenters. The highest BCUT2D eigenvalue weighted by Gasteiger charge is 2.18. The molecule has 106 valence electrons. The van der Waals surface area contributed by atoms with Crippen LogP contribution >= 0.6 is 0 Å². The van der Waals surface area contributed by atoms with Gasteiger partial charge in [0.1, 0.15) is 0 Å². The number of ether oxygens (including phenoxy) is 1. The first kappa shape index (κ1) is 14.3. The van der Waals surface area contributed by atoms with Crippen molar-refractivity contribution < 1.29 is 4.74 Å². The molecule has 1 aromatic heterocycles. The Hall–Kier alpha value is -1.13. The van der Waals surface area contributed by atoms with Gasteiger partial charge in [-0.15, -0.1) is 0 Å². The van der Waals surface area contributed by atoms with Crippen molar-refractivity contribution in [1.29, 1.82) is 0 Å². The van der Waals surface area contributed by atoms with E-state index in [2.05, 4.69) is 16.4 Å². The lowest BCUT2D eigenvalue weighted by Crippen LogP contribution is -2.37. The van der Waals surface area contributed by atoms with Crippen molar-refractivity contribution in [1.82, 2.24) is 10.3 Å². The molecule has 0 radical (unpaired) electrons. The second-order valence-corrected chi connectivity index (χ2v) is 5.63. The van der Waals surface area contributed by atoms with Gasteiger partial charge in [-0.25, -0.2) is 4.98 Å². The molecular formula is C15H25N3O. The zero-order valence-corrected chi connectivity index (χ0v) is 11.9. The molecule has 1 aliphatic carbocycles. The lowest BCUT2D eigenvalue weighted by atomic mass is 9.92. The molecule has 0 bridgehead atoms. The predicted octanol–water partition coefficient (Wildman–Crippen LogP) is 2.23. The maximum absolute atomic E-state index is 5.93.